The van der Waals surface area contributed by atoms with Gasteiger partial charge in [-0.1, -0.05) is 11.3 Å². The number of nitro groups is 1. The summed E-state index contributed by atoms with van der Waals surface area (Å²) in [6, 6.07) is 3.20. The molecule has 0 N–H and O–H groups in total. The van der Waals surface area contributed by atoms with Gasteiger partial charge in [0.1, 0.15) is 0 Å². The van der Waals surface area contributed by atoms with Gasteiger partial charge in [0.05, 0.1) is 15.5 Å². The number of aryl methyl sites for hydroxylation is 1. The van der Waals surface area contributed by atoms with Crippen LogP contribution in [0.15, 0.2) is 18.3 Å². The van der Waals surface area contributed by atoms with E-state index in [0.29, 0.717) is 16.9 Å². The maximum atomic E-state index is 10.8. The number of nitrogens with zero attached hydrogens (tertiary/aromatic N) is 3. The van der Waals surface area contributed by atoms with Crippen molar-refractivity contribution in [2.75, 3.05) is 0 Å². The van der Waals surface area contributed by atoms with Gasteiger partial charge in [-0.2, -0.15) is 5.10 Å². The topological polar surface area (TPSA) is 78.0 Å². The molecule has 0 bridgehead atoms. The van der Waals surface area contributed by atoms with E-state index in [4.69, 9.17) is 0 Å². The van der Waals surface area contributed by atoms with Crippen LogP contribution in [0.4, 0.5) is 5.00 Å². The molecule has 0 radical (unpaired) electrons. The highest BCUT2D eigenvalue weighted by atomic mass is 32.1. The smallest absolute Gasteiger partial charge is 0.297 e. The first-order valence-corrected chi connectivity index (χ1v) is 5.19. The standard InChI is InChI=1S/C9H7N3O3S/c1-6-2-3-11(10-6)8-4-7(5-13)16-9(8)12(14)15/h2-5H,1H3. The third-order valence-corrected chi connectivity index (χ3v) is 2.97. The van der Waals surface area contributed by atoms with E-state index in [9.17, 15) is 14.9 Å². The second-order valence-corrected chi connectivity index (χ2v) is 4.18. The van der Waals surface area contributed by atoms with Gasteiger partial charge in [-0.15, -0.1) is 0 Å². The van der Waals surface area contributed by atoms with E-state index >= 15 is 0 Å². The van der Waals surface area contributed by atoms with Gasteiger partial charge in [0.15, 0.2) is 12.0 Å². The molecular formula is C9H7N3O3S. The van der Waals surface area contributed by atoms with Gasteiger partial charge in [-0.05, 0) is 19.1 Å². The number of carbonyl (C=O) groups is 1. The predicted octanol–water partition coefficient (Wildman–Crippen LogP) is 1.96. The fourth-order valence-electron chi connectivity index (χ4n) is 1.29. The first kappa shape index (κ1) is 10.5. The van der Waals surface area contributed by atoms with Crippen molar-refractivity contribution in [2.24, 2.45) is 0 Å². The number of aldehydes is 1. The van der Waals surface area contributed by atoms with Crippen LogP contribution in [0.2, 0.25) is 0 Å². The Labute approximate surface area is 94.3 Å². The quantitative estimate of drug-likeness (QED) is 0.464. The summed E-state index contributed by atoms with van der Waals surface area (Å²) in [5, 5.41) is 14.8. The van der Waals surface area contributed by atoms with Gasteiger partial charge in [0, 0.05) is 6.20 Å². The van der Waals surface area contributed by atoms with Crippen molar-refractivity contribution >= 4 is 22.6 Å². The Morgan fingerprint density at radius 2 is 2.38 bits per heavy atom. The Kier molecular flexibility index (Phi) is 2.53. The van der Waals surface area contributed by atoms with Crippen LogP contribution in [0.25, 0.3) is 5.69 Å². The summed E-state index contributed by atoms with van der Waals surface area (Å²) in [4.78, 5) is 21.2. The van der Waals surface area contributed by atoms with Crippen LogP contribution in [0.3, 0.4) is 0 Å². The summed E-state index contributed by atoms with van der Waals surface area (Å²) in [6.07, 6.45) is 2.22. The Morgan fingerprint density at radius 3 is 2.88 bits per heavy atom. The van der Waals surface area contributed by atoms with Crippen molar-refractivity contribution < 1.29 is 9.72 Å². The lowest BCUT2D eigenvalue weighted by Gasteiger charge is -1.95. The molecule has 0 amide bonds. The van der Waals surface area contributed by atoms with Crippen LogP contribution in [-0.2, 0) is 0 Å². The highest BCUT2D eigenvalue weighted by molar-refractivity contribution is 7.17. The molecule has 2 aromatic rings. The van der Waals surface area contributed by atoms with Gasteiger partial charge in [0.25, 0.3) is 0 Å². The molecule has 0 aliphatic heterocycles. The zero-order valence-electron chi connectivity index (χ0n) is 8.28. The molecule has 7 heteroatoms. The van der Waals surface area contributed by atoms with E-state index < -0.39 is 4.92 Å². The van der Waals surface area contributed by atoms with Crippen LogP contribution in [0.1, 0.15) is 15.4 Å². The molecule has 0 aromatic carbocycles. The summed E-state index contributed by atoms with van der Waals surface area (Å²) in [7, 11) is 0. The van der Waals surface area contributed by atoms with E-state index in [1.807, 2.05) is 0 Å². The first-order chi connectivity index (χ1) is 7.61. The maximum absolute atomic E-state index is 10.8. The van der Waals surface area contributed by atoms with Crippen LogP contribution in [-0.4, -0.2) is 21.0 Å². The molecule has 16 heavy (non-hydrogen) atoms. The molecule has 2 aromatic heterocycles. The summed E-state index contributed by atoms with van der Waals surface area (Å²) >= 11 is 0.844. The normalized spacial score (nSPS) is 10.3. The second-order valence-electron chi connectivity index (χ2n) is 3.12. The lowest BCUT2D eigenvalue weighted by atomic mass is 10.4. The van der Waals surface area contributed by atoms with E-state index in [1.165, 1.54) is 10.7 Å². The Hall–Kier alpha value is -2.02. The molecule has 0 aliphatic rings. The number of hydrogen-bond donors (Lipinski definition) is 0. The molecule has 2 rings (SSSR count). The SMILES string of the molecule is Cc1ccn(-c2cc(C=O)sc2[N+](=O)[O-])n1. The third kappa shape index (κ3) is 1.72. The fourth-order valence-corrected chi connectivity index (χ4v) is 2.07. The minimum Gasteiger partial charge on any atom is -0.297 e. The molecule has 0 saturated heterocycles. The van der Waals surface area contributed by atoms with Crippen molar-refractivity contribution in [1.82, 2.24) is 9.78 Å². The van der Waals surface area contributed by atoms with Gasteiger partial charge in [0.2, 0.25) is 0 Å². The monoisotopic (exact) mass is 237 g/mol. The van der Waals surface area contributed by atoms with E-state index in [0.717, 1.165) is 17.0 Å². The molecule has 0 unspecified atom stereocenters. The van der Waals surface area contributed by atoms with Gasteiger partial charge in [-0.3, -0.25) is 14.9 Å². The predicted molar refractivity (Wildman–Crippen MR) is 58.2 cm³/mol. The first-order valence-electron chi connectivity index (χ1n) is 4.38. The number of thiophene rings is 1. The Balaban J connectivity index is 2.58. The van der Waals surface area contributed by atoms with Crippen molar-refractivity contribution in [3.05, 3.63) is 39.0 Å². The number of rotatable bonds is 3. The lowest BCUT2D eigenvalue weighted by Crippen LogP contribution is -1.97. The van der Waals surface area contributed by atoms with Crippen LogP contribution in [0.5, 0.6) is 0 Å². The highest BCUT2D eigenvalue weighted by Crippen LogP contribution is 2.31. The largest absolute Gasteiger partial charge is 0.350 e. The average Bonchev–Trinajstić information content (AvgIpc) is 2.82. The number of carbonyl (C=O) groups excluding carboxylic acids is 1. The second kappa shape index (κ2) is 3.86. The molecule has 0 spiro atoms. The molecule has 82 valence electrons. The zero-order valence-corrected chi connectivity index (χ0v) is 9.10. The summed E-state index contributed by atoms with van der Waals surface area (Å²) < 4.78 is 1.40. The lowest BCUT2D eigenvalue weighted by molar-refractivity contribution is -0.380. The van der Waals surface area contributed by atoms with Gasteiger partial charge < -0.3 is 0 Å². The number of aromatic nitrogens is 2. The molecule has 0 aliphatic carbocycles. The minimum atomic E-state index is -0.510. The van der Waals surface area contributed by atoms with Gasteiger partial charge >= 0.3 is 5.00 Å². The van der Waals surface area contributed by atoms with E-state index in [-0.39, 0.29) is 5.00 Å². The molecule has 2 heterocycles. The zero-order chi connectivity index (χ0) is 11.7. The molecular weight excluding hydrogens is 230 g/mol. The van der Waals surface area contributed by atoms with E-state index in [1.54, 1.807) is 19.2 Å². The van der Waals surface area contributed by atoms with Crippen molar-refractivity contribution in [3.8, 4) is 5.69 Å². The van der Waals surface area contributed by atoms with E-state index in [2.05, 4.69) is 5.10 Å². The van der Waals surface area contributed by atoms with Crippen molar-refractivity contribution in [2.45, 2.75) is 6.92 Å². The average molecular weight is 237 g/mol. The molecule has 0 fully saturated rings. The minimum absolute atomic E-state index is 0.0785. The summed E-state index contributed by atoms with van der Waals surface area (Å²) in [5.41, 5.74) is 1.08. The Morgan fingerprint density at radius 1 is 1.62 bits per heavy atom. The third-order valence-electron chi connectivity index (χ3n) is 1.96. The fraction of sp³-hybridized carbons (Fsp3) is 0.111. The van der Waals surface area contributed by atoms with Crippen LogP contribution >= 0.6 is 11.3 Å². The molecule has 0 atom stereocenters. The van der Waals surface area contributed by atoms with Crippen molar-refractivity contribution in [1.29, 1.82) is 0 Å². The molecule has 6 nitrogen and oxygen atoms in total. The highest BCUT2D eigenvalue weighted by Gasteiger charge is 2.20. The maximum Gasteiger partial charge on any atom is 0.350 e. The summed E-state index contributed by atoms with van der Waals surface area (Å²) in [6.45, 7) is 1.79. The number of hydrogen-bond acceptors (Lipinski definition) is 5. The van der Waals surface area contributed by atoms with Gasteiger partial charge in [-0.25, -0.2) is 4.68 Å². The Bertz CT molecular complexity index is 558. The van der Waals surface area contributed by atoms with Crippen LogP contribution < -0.4 is 0 Å². The van der Waals surface area contributed by atoms with Crippen molar-refractivity contribution in [3.63, 3.8) is 0 Å². The van der Waals surface area contributed by atoms with Crippen LogP contribution in [0, 0.1) is 17.0 Å². The summed E-state index contributed by atoms with van der Waals surface area (Å²) in [5.74, 6) is 0. The molecule has 0 saturated carbocycles.